The number of benzene rings is 2. The molecule has 0 radical (unpaired) electrons. The van der Waals surface area contributed by atoms with E-state index in [1.165, 1.54) is 12.1 Å². The fourth-order valence-electron chi connectivity index (χ4n) is 2.60. The highest BCUT2D eigenvalue weighted by molar-refractivity contribution is 7.99. The molecule has 2 N–H and O–H groups in total. The fraction of sp³-hybridized carbons (Fsp3) is 0.250. The van der Waals surface area contributed by atoms with Gasteiger partial charge in [-0.2, -0.15) is 0 Å². The number of carbonyl (C=O) groups is 1. The molecular formula is C20H20ClFN2O2S. The van der Waals surface area contributed by atoms with Crippen molar-refractivity contribution in [2.24, 2.45) is 0 Å². The van der Waals surface area contributed by atoms with Gasteiger partial charge in [-0.05, 0) is 38.1 Å². The molecule has 1 heterocycles. The minimum absolute atomic E-state index is 0.252. The highest BCUT2D eigenvalue weighted by Gasteiger charge is 2.29. The van der Waals surface area contributed by atoms with E-state index < -0.39 is 11.4 Å². The van der Waals surface area contributed by atoms with Crippen molar-refractivity contribution in [3.63, 3.8) is 0 Å². The first-order chi connectivity index (χ1) is 12.8. The van der Waals surface area contributed by atoms with Gasteiger partial charge in [-0.1, -0.05) is 23.7 Å². The van der Waals surface area contributed by atoms with Gasteiger partial charge >= 0.3 is 0 Å². The highest BCUT2D eigenvalue weighted by Crippen LogP contribution is 2.29. The summed E-state index contributed by atoms with van der Waals surface area (Å²) in [6.45, 7) is 3.80. The van der Waals surface area contributed by atoms with Crippen LogP contribution in [0.15, 0.2) is 53.6 Å². The smallest absolute Gasteiger partial charge is 0.263 e. The summed E-state index contributed by atoms with van der Waals surface area (Å²) in [6.07, 6.45) is 1.94. The summed E-state index contributed by atoms with van der Waals surface area (Å²) < 4.78 is 18.9. The van der Waals surface area contributed by atoms with Gasteiger partial charge in [-0.25, -0.2) is 4.39 Å². The number of fused-ring (bicyclic) bond motifs is 1. The van der Waals surface area contributed by atoms with Crippen LogP contribution < -0.4 is 10.1 Å². The largest absolute Gasteiger partial charge is 0.478 e. The number of rotatable bonds is 7. The fourth-order valence-corrected chi connectivity index (χ4v) is 3.67. The van der Waals surface area contributed by atoms with Crippen molar-refractivity contribution < 1.29 is 13.9 Å². The number of amides is 1. The Morgan fingerprint density at radius 3 is 2.89 bits per heavy atom. The van der Waals surface area contributed by atoms with E-state index in [0.29, 0.717) is 23.1 Å². The summed E-state index contributed by atoms with van der Waals surface area (Å²) >= 11 is 7.63. The van der Waals surface area contributed by atoms with Crippen LogP contribution in [0.4, 0.5) is 4.39 Å². The topological polar surface area (TPSA) is 54.1 Å². The van der Waals surface area contributed by atoms with E-state index in [9.17, 15) is 9.18 Å². The van der Waals surface area contributed by atoms with Crippen molar-refractivity contribution in [1.29, 1.82) is 0 Å². The molecule has 0 saturated heterocycles. The number of halogens is 2. The second kappa shape index (κ2) is 8.23. The number of ether oxygens (including phenoxy) is 1. The molecular weight excluding hydrogens is 387 g/mol. The molecule has 142 valence electrons. The number of hydrogen-bond donors (Lipinski definition) is 2. The minimum atomic E-state index is -1.10. The van der Waals surface area contributed by atoms with Gasteiger partial charge in [-0.3, -0.25) is 4.79 Å². The number of hydrogen-bond acceptors (Lipinski definition) is 3. The number of aromatic nitrogens is 1. The Morgan fingerprint density at radius 1 is 1.30 bits per heavy atom. The summed E-state index contributed by atoms with van der Waals surface area (Å²) in [5.41, 5.74) is -0.116. The third-order valence-electron chi connectivity index (χ3n) is 3.97. The molecule has 0 saturated carbocycles. The van der Waals surface area contributed by atoms with E-state index in [0.717, 1.165) is 15.8 Å². The predicted molar refractivity (Wildman–Crippen MR) is 108 cm³/mol. The Morgan fingerprint density at radius 2 is 2.11 bits per heavy atom. The van der Waals surface area contributed by atoms with Crippen molar-refractivity contribution in [2.45, 2.75) is 24.3 Å². The average molecular weight is 407 g/mol. The lowest BCUT2D eigenvalue weighted by Crippen LogP contribution is -2.47. The van der Waals surface area contributed by atoms with E-state index in [1.807, 2.05) is 24.4 Å². The zero-order chi connectivity index (χ0) is 19.4. The van der Waals surface area contributed by atoms with E-state index in [-0.39, 0.29) is 5.91 Å². The van der Waals surface area contributed by atoms with Crippen LogP contribution in [0.2, 0.25) is 5.02 Å². The molecule has 0 aliphatic rings. The van der Waals surface area contributed by atoms with Crippen molar-refractivity contribution >= 4 is 40.2 Å². The van der Waals surface area contributed by atoms with Crippen molar-refractivity contribution in [1.82, 2.24) is 10.3 Å². The molecule has 1 amide bonds. The molecule has 1 aromatic heterocycles. The van der Waals surface area contributed by atoms with Crippen LogP contribution in [-0.2, 0) is 4.79 Å². The Balaban J connectivity index is 1.51. The van der Waals surface area contributed by atoms with Gasteiger partial charge < -0.3 is 15.0 Å². The van der Waals surface area contributed by atoms with Crippen LogP contribution >= 0.6 is 23.4 Å². The third-order valence-corrected chi connectivity index (χ3v) is 5.26. The quantitative estimate of drug-likeness (QED) is 0.427. The molecule has 2 aromatic carbocycles. The lowest BCUT2D eigenvalue weighted by atomic mass is 10.1. The molecule has 4 nitrogen and oxygen atoms in total. The second-order valence-corrected chi connectivity index (χ2v) is 8.09. The van der Waals surface area contributed by atoms with Gasteiger partial charge in [-0.15, -0.1) is 11.8 Å². The van der Waals surface area contributed by atoms with Gasteiger partial charge in [0, 0.05) is 45.4 Å². The van der Waals surface area contributed by atoms with Gasteiger partial charge in [0.25, 0.3) is 5.91 Å². The second-order valence-electron chi connectivity index (χ2n) is 6.52. The van der Waals surface area contributed by atoms with Crippen molar-refractivity contribution in [2.75, 3.05) is 12.3 Å². The zero-order valence-corrected chi connectivity index (χ0v) is 16.6. The molecule has 0 fully saturated rings. The molecule has 0 aliphatic carbocycles. The first-order valence-corrected chi connectivity index (χ1v) is 9.84. The van der Waals surface area contributed by atoms with Crippen LogP contribution in [0.5, 0.6) is 5.75 Å². The summed E-state index contributed by atoms with van der Waals surface area (Å²) in [5.74, 6) is 0.373. The average Bonchev–Trinajstić information content (AvgIpc) is 3.00. The SMILES string of the molecule is CC(C)(Oc1cccc(F)c1)C(=O)NCCSc1c[nH]c2cc(Cl)ccc12. The molecule has 7 heteroatoms. The number of thioether (sulfide) groups is 1. The standard InChI is InChI=1S/C20H20ClFN2O2S/c1-20(2,26-15-5-3-4-14(22)11-15)19(25)23-8-9-27-18-12-24-17-10-13(21)6-7-16(17)18/h3-7,10-12,24H,8-9H2,1-2H3,(H,23,25). The molecule has 27 heavy (non-hydrogen) atoms. The van der Waals surface area contributed by atoms with E-state index in [4.69, 9.17) is 16.3 Å². The lowest BCUT2D eigenvalue weighted by Gasteiger charge is -2.25. The monoisotopic (exact) mass is 406 g/mol. The Labute approximate surface area is 166 Å². The van der Waals surface area contributed by atoms with E-state index in [1.54, 1.807) is 37.7 Å². The lowest BCUT2D eigenvalue weighted by molar-refractivity contribution is -0.134. The summed E-state index contributed by atoms with van der Waals surface area (Å²) in [4.78, 5) is 16.7. The van der Waals surface area contributed by atoms with Crippen LogP contribution in [-0.4, -0.2) is 28.8 Å². The Hall–Kier alpha value is -2.18. The number of aromatic amines is 1. The van der Waals surface area contributed by atoms with Gasteiger partial charge in [0.2, 0.25) is 0 Å². The van der Waals surface area contributed by atoms with Gasteiger partial charge in [0.1, 0.15) is 11.6 Å². The zero-order valence-electron chi connectivity index (χ0n) is 15.0. The molecule has 3 rings (SSSR count). The van der Waals surface area contributed by atoms with E-state index in [2.05, 4.69) is 10.3 Å². The third kappa shape index (κ3) is 4.96. The number of H-pyrrole nitrogens is 1. The highest BCUT2D eigenvalue weighted by atomic mass is 35.5. The van der Waals surface area contributed by atoms with Crippen LogP contribution in [0.3, 0.4) is 0 Å². The Kier molecular flexibility index (Phi) is 5.97. The number of carbonyl (C=O) groups excluding carboxylic acids is 1. The van der Waals surface area contributed by atoms with Gasteiger partial charge in [0.15, 0.2) is 5.60 Å². The van der Waals surface area contributed by atoms with Crippen LogP contribution in [0.1, 0.15) is 13.8 Å². The maximum atomic E-state index is 13.3. The molecule has 0 unspecified atom stereocenters. The van der Waals surface area contributed by atoms with Crippen molar-refractivity contribution in [3.8, 4) is 5.75 Å². The molecule has 0 atom stereocenters. The normalized spacial score (nSPS) is 11.6. The van der Waals surface area contributed by atoms with Crippen LogP contribution in [0, 0.1) is 5.82 Å². The summed E-state index contributed by atoms with van der Waals surface area (Å²) in [7, 11) is 0. The minimum Gasteiger partial charge on any atom is -0.478 e. The first kappa shape index (κ1) is 19.6. The molecule has 0 aliphatic heterocycles. The molecule has 3 aromatic rings. The predicted octanol–water partition coefficient (Wildman–Crippen LogP) is 5.03. The summed E-state index contributed by atoms with van der Waals surface area (Å²) in [6, 6.07) is 11.5. The van der Waals surface area contributed by atoms with E-state index >= 15 is 0 Å². The molecule has 0 bridgehead atoms. The van der Waals surface area contributed by atoms with Crippen LogP contribution in [0.25, 0.3) is 10.9 Å². The number of nitrogens with one attached hydrogen (secondary N) is 2. The maximum Gasteiger partial charge on any atom is 0.263 e. The molecule has 0 spiro atoms. The maximum absolute atomic E-state index is 13.3. The first-order valence-electron chi connectivity index (χ1n) is 8.47. The summed E-state index contributed by atoms with van der Waals surface area (Å²) in [5, 5.41) is 4.66. The van der Waals surface area contributed by atoms with Gasteiger partial charge in [0.05, 0.1) is 0 Å². The Bertz CT molecular complexity index is 958. The van der Waals surface area contributed by atoms with Crippen molar-refractivity contribution in [3.05, 3.63) is 59.5 Å².